The highest BCUT2D eigenvalue weighted by atomic mass is 16.1. The number of amides is 1. The molecule has 0 aliphatic carbocycles. The Kier molecular flexibility index (Phi) is 3.80. The van der Waals surface area contributed by atoms with Gasteiger partial charge in [-0.25, -0.2) is 0 Å². The standard InChI is InChI=1S/C12H13NO2/c1-2-11(14)10-5-3-4-9(8-10)6-7-12(13)15/h3-8H,2H2,1H3,(H2,13,15). The van der Waals surface area contributed by atoms with Crippen molar-refractivity contribution in [3.05, 3.63) is 41.5 Å². The molecule has 3 nitrogen and oxygen atoms in total. The third-order valence-corrected chi connectivity index (χ3v) is 1.97. The van der Waals surface area contributed by atoms with Crippen molar-refractivity contribution in [1.29, 1.82) is 0 Å². The van der Waals surface area contributed by atoms with Gasteiger partial charge in [0.15, 0.2) is 5.78 Å². The Bertz CT molecular complexity index is 408. The molecule has 15 heavy (non-hydrogen) atoms. The summed E-state index contributed by atoms with van der Waals surface area (Å²) in [5, 5.41) is 0. The van der Waals surface area contributed by atoms with Gasteiger partial charge in [-0.1, -0.05) is 25.1 Å². The molecule has 0 spiro atoms. The van der Waals surface area contributed by atoms with E-state index in [9.17, 15) is 9.59 Å². The smallest absolute Gasteiger partial charge is 0.241 e. The van der Waals surface area contributed by atoms with Crippen LogP contribution in [0, 0.1) is 0 Å². The normalized spacial score (nSPS) is 10.5. The highest BCUT2D eigenvalue weighted by molar-refractivity contribution is 5.96. The van der Waals surface area contributed by atoms with Crippen molar-refractivity contribution in [3.63, 3.8) is 0 Å². The second-order valence-corrected chi connectivity index (χ2v) is 3.14. The number of Topliss-reactive ketones (excluding diaryl/α,β-unsaturated/α-hetero) is 1. The highest BCUT2D eigenvalue weighted by Gasteiger charge is 2.01. The van der Waals surface area contributed by atoms with Crippen LogP contribution in [-0.4, -0.2) is 11.7 Å². The third-order valence-electron chi connectivity index (χ3n) is 1.97. The minimum absolute atomic E-state index is 0.0873. The van der Waals surface area contributed by atoms with Gasteiger partial charge in [0.1, 0.15) is 0 Å². The lowest BCUT2D eigenvalue weighted by Crippen LogP contribution is -2.05. The first-order valence-electron chi connectivity index (χ1n) is 4.74. The van der Waals surface area contributed by atoms with E-state index in [1.807, 2.05) is 13.0 Å². The largest absolute Gasteiger partial charge is 0.366 e. The fourth-order valence-electron chi connectivity index (χ4n) is 1.20. The zero-order chi connectivity index (χ0) is 11.3. The maximum Gasteiger partial charge on any atom is 0.241 e. The van der Waals surface area contributed by atoms with Crippen LogP contribution in [0.5, 0.6) is 0 Å². The van der Waals surface area contributed by atoms with Crippen molar-refractivity contribution >= 4 is 17.8 Å². The molecule has 78 valence electrons. The Morgan fingerprint density at radius 2 is 2.13 bits per heavy atom. The van der Waals surface area contributed by atoms with E-state index in [0.29, 0.717) is 12.0 Å². The van der Waals surface area contributed by atoms with Crippen molar-refractivity contribution in [1.82, 2.24) is 0 Å². The molecule has 0 saturated heterocycles. The van der Waals surface area contributed by atoms with Crippen LogP contribution in [0.25, 0.3) is 6.08 Å². The predicted molar refractivity (Wildman–Crippen MR) is 59.3 cm³/mol. The van der Waals surface area contributed by atoms with Gasteiger partial charge in [0.25, 0.3) is 0 Å². The van der Waals surface area contributed by atoms with Crippen LogP contribution < -0.4 is 5.73 Å². The number of benzene rings is 1. The van der Waals surface area contributed by atoms with Gasteiger partial charge in [-0.15, -0.1) is 0 Å². The first-order chi connectivity index (χ1) is 7.13. The lowest BCUT2D eigenvalue weighted by molar-refractivity contribution is -0.113. The van der Waals surface area contributed by atoms with E-state index >= 15 is 0 Å². The Morgan fingerprint density at radius 1 is 1.40 bits per heavy atom. The number of ketones is 1. The average molecular weight is 203 g/mol. The lowest BCUT2D eigenvalue weighted by Gasteiger charge is -1.98. The molecule has 0 atom stereocenters. The topological polar surface area (TPSA) is 60.2 Å². The Morgan fingerprint density at radius 3 is 2.73 bits per heavy atom. The summed E-state index contributed by atoms with van der Waals surface area (Å²) in [6, 6.07) is 7.09. The van der Waals surface area contributed by atoms with Crippen molar-refractivity contribution < 1.29 is 9.59 Å². The number of primary amides is 1. The summed E-state index contributed by atoms with van der Waals surface area (Å²) in [5.74, 6) is -0.411. The predicted octanol–water partition coefficient (Wildman–Crippen LogP) is 1.78. The first-order valence-corrected chi connectivity index (χ1v) is 4.74. The number of rotatable bonds is 4. The van der Waals surface area contributed by atoms with Gasteiger partial charge in [-0.2, -0.15) is 0 Å². The first kappa shape index (κ1) is 11.2. The van der Waals surface area contributed by atoms with Crippen molar-refractivity contribution in [3.8, 4) is 0 Å². The van der Waals surface area contributed by atoms with Crippen LogP contribution in [0.1, 0.15) is 29.3 Å². The van der Waals surface area contributed by atoms with Crippen LogP contribution >= 0.6 is 0 Å². The molecule has 0 unspecified atom stereocenters. The molecule has 3 heteroatoms. The maximum absolute atomic E-state index is 11.4. The summed E-state index contributed by atoms with van der Waals surface area (Å²) in [5.41, 5.74) is 6.43. The van der Waals surface area contributed by atoms with Crippen molar-refractivity contribution in [2.24, 2.45) is 5.73 Å². The minimum Gasteiger partial charge on any atom is -0.366 e. The molecule has 0 aliphatic heterocycles. The lowest BCUT2D eigenvalue weighted by atomic mass is 10.1. The number of carbonyl (C=O) groups excluding carboxylic acids is 2. The van der Waals surface area contributed by atoms with Gasteiger partial charge in [0.05, 0.1) is 0 Å². The SMILES string of the molecule is CCC(=O)c1cccc(C=CC(N)=O)c1. The van der Waals surface area contributed by atoms with E-state index in [-0.39, 0.29) is 5.78 Å². The molecule has 1 rings (SSSR count). The molecule has 0 saturated carbocycles. The second-order valence-electron chi connectivity index (χ2n) is 3.14. The zero-order valence-electron chi connectivity index (χ0n) is 8.57. The summed E-state index contributed by atoms with van der Waals surface area (Å²) in [6.45, 7) is 1.81. The number of nitrogens with two attached hydrogens (primary N) is 1. The highest BCUT2D eigenvalue weighted by Crippen LogP contribution is 2.09. The summed E-state index contributed by atoms with van der Waals surface area (Å²) >= 11 is 0. The quantitative estimate of drug-likeness (QED) is 0.599. The van der Waals surface area contributed by atoms with E-state index < -0.39 is 5.91 Å². The summed E-state index contributed by atoms with van der Waals surface area (Å²) in [4.78, 5) is 21.9. The monoisotopic (exact) mass is 203 g/mol. The van der Waals surface area contributed by atoms with Crippen LogP contribution in [0.3, 0.4) is 0 Å². The fourth-order valence-corrected chi connectivity index (χ4v) is 1.20. The van der Waals surface area contributed by atoms with Gasteiger partial charge < -0.3 is 5.73 Å². The van der Waals surface area contributed by atoms with Crippen LogP contribution in [0.2, 0.25) is 0 Å². The summed E-state index contributed by atoms with van der Waals surface area (Å²) in [6.07, 6.45) is 3.34. The molecule has 1 aromatic rings. The Labute approximate surface area is 88.6 Å². The average Bonchev–Trinajstić information content (AvgIpc) is 2.25. The molecular weight excluding hydrogens is 190 g/mol. The summed E-state index contributed by atoms with van der Waals surface area (Å²) < 4.78 is 0. The summed E-state index contributed by atoms with van der Waals surface area (Å²) in [7, 11) is 0. The molecular formula is C12H13NO2. The van der Waals surface area contributed by atoms with Crippen LogP contribution in [0.4, 0.5) is 0 Å². The molecule has 0 aliphatic rings. The van der Waals surface area contributed by atoms with Gasteiger partial charge in [0.2, 0.25) is 5.91 Å². The van der Waals surface area contributed by atoms with Crippen LogP contribution in [0.15, 0.2) is 30.3 Å². The van der Waals surface area contributed by atoms with Crippen molar-refractivity contribution in [2.75, 3.05) is 0 Å². The molecule has 1 amide bonds. The Balaban J connectivity index is 2.92. The molecule has 0 heterocycles. The zero-order valence-corrected chi connectivity index (χ0v) is 8.57. The van der Waals surface area contributed by atoms with Gasteiger partial charge in [-0.05, 0) is 17.7 Å². The molecule has 0 radical (unpaired) electrons. The Hall–Kier alpha value is -1.90. The van der Waals surface area contributed by atoms with Gasteiger partial charge in [0, 0.05) is 18.1 Å². The number of carbonyl (C=O) groups is 2. The van der Waals surface area contributed by atoms with E-state index in [1.165, 1.54) is 6.08 Å². The number of hydrogen-bond acceptors (Lipinski definition) is 2. The van der Waals surface area contributed by atoms with E-state index in [0.717, 1.165) is 5.56 Å². The molecule has 0 aromatic heterocycles. The van der Waals surface area contributed by atoms with Crippen molar-refractivity contribution in [2.45, 2.75) is 13.3 Å². The second kappa shape index (κ2) is 5.10. The fraction of sp³-hybridized carbons (Fsp3) is 0.167. The minimum atomic E-state index is -0.498. The van der Waals surface area contributed by atoms with E-state index in [4.69, 9.17) is 5.73 Å². The maximum atomic E-state index is 11.4. The van der Waals surface area contributed by atoms with E-state index in [1.54, 1.807) is 24.3 Å². The van der Waals surface area contributed by atoms with Crippen LogP contribution in [-0.2, 0) is 4.79 Å². The van der Waals surface area contributed by atoms with E-state index in [2.05, 4.69) is 0 Å². The number of hydrogen-bond donors (Lipinski definition) is 1. The molecule has 0 bridgehead atoms. The van der Waals surface area contributed by atoms with Gasteiger partial charge in [-0.3, -0.25) is 9.59 Å². The third kappa shape index (κ3) is 3.38. The van der Waals surface area contributed by atoms with Gasteiger partial charge >= 0.3 is 0 Å². The molecule has 1 aromatic carbocycles. The molecule has 0 fully saturated rings. The molecule has 2 N–H and O–H groups in total.